The number of ether oxygens (including phenoxy) is 1. The van der Waals surface area contributed by atoms with Crippen LogP contribution < -0.4 is 10.1 Å². The molecule has 0 spiro atoms. The van der Waals surface area contributed by atoms with Crippen LogP contribution in [-0.2, 0) is 12.0 Å². The van der Waals surface area contributed by atoms with Crippen LogP contribution in [0.1, 0.15) is 59.7 Å². The van der Waals surface area contributed by atoms with Crippen molar-refractivity contribution in [3.8, 4) is 22.9 Å². The van der Waals surface area contributed by atoms with Crippen LogP contribution >= 0.6 is 0 Å². The molecule has 2 N–H and O–H groups in total. The second-order valence-corrected chi connectivity index (χ2v) is 10.9. The molecule has 0 saturated heterocycles. The van der Waals surface area contributed by atoms with Gasteiger partial charge in [-0.1, -0.05) is 12.1 Å². The molecule has 2 aromatic carbocycles. The van der Waals surface area contributed by atoms with Crippen molar-refractivity contribution in [3.63, 3.8) is 0 Å². The quantitative estimate of drug-likeness (QED) is 0.333. The van der Waals surface area contributed by atoms with Crippen molar-refractivity contribution >= 4 is 16.9 Å². The lowest BCUT2D eigenvalue weighted by Crippen LogP contribution is -2.48. The van der Waals surface area contributed by atoms with Crippen molar-refractivity contribution in [1.29, 1.82) is 5.26 Å². The molecule has 0 radical (unpaired) electrons. The van der Waals surface area contributed by atoms with Crippen LogP contribution in [0.15, 0.2) is 48.7 Å². The van der Waals surface area contributed by atoms with Crippen LogP contribution in [0.25, 0.3) is 22.2 Å². The highest BCUT2D eigenvalue weighted by Crippen LogP contribution is 2.53. The highest BCUT2D eigenvalue weighted by atomic mass is 19.3. The van der Waals surface area contributed by atoms with Gasteiger partial charge in [0.25, 0.3) is 5.91 Å². The van der Waals surface area contributed by atoms with E-state index in [1.807, 2.05) is 10.6 Å². The third-order valence-corrected chi connectivity index (χ3v) is 8.05. The molecule has 1 aliphatic carbocycles. The zero-order valence-electron chi connectivity index (χ0n) is 22.3. The number of hydrogen-bond donors (Lipinski definition) is 2. The van der Waals surface area contributed by atoms with Crippen molar-refractivity contribution in [2.45, 2.75) is 50.9 Å². The minimum Gasteiger partial charge on any atom is -0.434 e. The molecule has 11 heteroatoms. The van der Waals surface area contributed by atoms with Gasteiger partial charge in [-0.2, -0.15) is 14.0 Å². The van der Waals surface area contributed by atoms with Gasteiger partial charge in [-0.05, 0) is 49.2 Å². The zero-order valence-corrected chi connectivity index (χ0v) is 22.3. The number of pyridine rings is 1. The van der Waals surface area contributed by atoms with Gasteiger partial charge >= 0.3 is 6.61 Å². The van der Waals surface area contributed by atoms with Crippen molar-refractivity contribution < 1.29 is 27.8 Å². The Hall–Kier alpha value is -4.43. The summed E-state index contributed by atoms with van der Waals surface area (Å²) in [6.07, 6.45) is 2.75. The van der Waals surface area contributed by atoms with E-state index in [1.165, 1.54) is 31.4 Å². The molecule has 2 aliphatic rings. The maximum atomic E-state index is 15.2. The number of benzene rings is 2. The molecule has 2 aromatic heterocycles. The lowest BCUT2D eigenvalue weighted by Gasteiger charge is -2.46. The molecule has 8 nitrogen and oxygen atoms in total. The summed E-state index contributed by atoms with van der Waals surface area (Å²) in [5.74, 6) is -0.456. The topological polar surface area (TPSA) is 113 Å². The van der Waals surface area contributed by atoms with E-state index < -0.39 is 35.4 Å². The number of aryl methyl sites for hydroxylation is 1. The van der Waals surface area contributed by atoms with Gasteiger partial charge in [0.05, 0.1) is 28.6 Å². The van der Waals surface area contributed by atoms with Crippen molar-refractivity contribution in [2.24, 2.45) is 5.41 Å². The monoisotopic (exact) mass is 561 g/mol. The van der Waals surface area contributed by atoms with E-state index in [0.29, 0.717) is 40.6 Å². The summed E-state index contributed by atoms with van der Waals surface area (Å²) in [7, 11) is 1.47. The Morgan fingerprint density at radius 2 is 2.02 bits per heavy atom. The molecule has 1 saturated carbocycles. The summed E-state index contributed by atoms with van der Waals surface area (Å²) in [5.41, 5.74) is 0.711. The predicted octanol–water partition coefficient (Wildman–Crippen LogP) is 5.25. The molecule has 4 aromatic rings. The van der Waals surface area contributed by atoms with Gasteiger partial charge in [0.1, 0.15) is 28.7 Å². The largest absolute Gasteiger partial charge is 0.434 e. The first kappa shape index (κ1) is 26.8. The lowest BCUT2D eigenvalue weighted by atomic mass is 9.59. The van der Waals surface area contributed by atoms with E-state index in [9.17, 15) is 23.9 Å². The number of halogens is 3. The number of aromatic nitrogens is 3. The predicted molar refractivity (Wildman–Crippen MR) is 143 cm³/mol. The standard InChI is InChI=1S/C30H26F3N5O3/c1-29(15-34)13-30(40,14-29)26-19(31)10-17(12-36-26)16-6-7-20-22(11-16)38-21(8-9-24(38)37-20)25-18(27(39)35-2)4-3-5-23(25)41-28(32)33/h3-7,10-12,21,28,40H,8-9,13-14H2,1-2H3,(H,35,39)/t21-,29?,30?/m1/s1. The van der Waals surface area contributed by atoms with Gasteiger partial charge in [0.15, 0.2) is 0 Å². The number of rotatable bonds is 6. The number of alkyl halides is 2. The summed E-state index contributed by atoms with van der Waals surface area (Å²) in [6.45, 7) is -1.35. The second kappa shape index (κ2) is 9.59. The molecule has 41 heavy (non-hydrogen) atoms. The second-order valence-electron chi connectivity index (χ2n) is 10.9. The Morgan fingerprint density at radius 1 is 1.24 bits per heavy atom. The Morgan fingerprint density at radius 3 is 2.71 bits per heavy atom. The highest BCUT2D eigenvalue weighted by molar-refractivity contribution is 5.96. The van der Waals surface area contributed by atoms with Crippen LogP contribution in [0.5, 0.6) is 5.75 Å². The van der Waals surface area contributed by atoms with Crippen LogP contribution in [0, 0.1) is 22.6 Å². The van der Waals surface area contributed by atoms with Crippen LogP contribution in [-0.4, -0.2) is 39.2 Å². The number of nitriles is 1. The van der Waals surface area contributed by atoms with Crippen LogP contribution in [0.4, 0.5) is 13.2 Å². The Kier molecular flexibility index (Phi) is 6.26. The zero-order chi connectivity index (χ0) is 29.1. The number of hydrogen-bond acceptors (Lipinski definition) is 6. The normalized spacial score (nSPS) is 23.2. The average Bonchev–Trinajstić information content (AvgIpc) is 3.50. The number of nitrogens with zero attached hydrogens (tertiary/aromatic N) is 4. The summed E-state index contributed by atoms with van der Waals surface area (Å²) >= 11 is 0. The maximum absolute atomic E-state index is 15.2. The molecule has 0 bridgehead atoms. The lowest BCUT2D eigenvalue weighted by molar-refractivity contribution is -0.108. The van der Waals surface area contributed by atoms with Crippen molar-refractivity contribution in [1.82, 2.24) is 19.9 Å². The fourth-order valence-corrected chi connectivity index (χ4v) is 6.36. The number of aliphatic hydroxyl groups is 1. The molecule has 3 heterocycles. The molecule has 210 valence electrons. The van der Waals surface area contributed by atoms with Gasteiger partial charge < -0.3 is 19.7 Å². The molecule has 6 rings (SSSR count). The Labute approximate surface area is 233 Å². The first-order valence-electron chi connectivity index (χ1n) is 13.2. The number of amides is 1. The molecule has 1 atom stereocenters. The molecule has 0 unspecified atom stereocenters. The molecule has 1 aliphatic heterocycles. The first-order valence-corrected chi connectivity index (χ1v) is 13.2. The van der Waals surface area contributed by atoms with Gasteiger partial charge in [-0.15, -0.1) is 0 Å². The molecular formula is C30H26F3N5O3. The fourth-order valence-electron chi connectivity index (χ4n) is 6.36. The number of carbonyl (C=O) groups excluding carboxylic acids is 1. The summed E-state index contributed by atoms with van der Waals surface area (Å²) in [6, 6.07) is 12.8. The van der Waals surface area contributed by atoms with E-state index in [1.54, 1.807) is 25.1 Å². The molecule has 1 fully saturated rings. The third-order valence-electron chi connectivity index (χ3n) is 8.05. The van der Waals surface area contributed by atoms with E-state index in [-0.39, 0.29) is 29.8 Å². The van der Waals surface area contributed by atoms with Gasteiger partial charge in [-0.3, -0.25) is 9.78 Å². The smallest absolute Gasteiger partial charge is 0.387 e. The highest BCUT2D eigenvalue weighted by Gasteiger charge is 2.54. The van der Waals surface area contributed by atoms with Crippen molar-refractivity contribution in [3.05, 3.63) is 77.1 Å². The minimum absolute atomic E-state index is 0.0831. The van der Waals surface area contributed by atoms with Gasteiger partial charge in [0.2, 0.25) is 0 Å². The first-order chi connectivity index (χ1) is 19.6. The maximum Gasteiger partial charge on any atom is 0.387 e. The molecular weight excluding hydrogens is 535 g/mol. The molecule has 1 amide bonds. The summed E-state index contributed by atoms with van der Waals surface area (Å²) in [4.78, 5) is 21.7. The third kappa shape index (κ3) is 4.39. The van der Waals surface area contributed by atoms with Gasteiger partial charge in [-0.25, -0.2) is 9.37 Å². The van der Waals surface area contributed by atoms with Crippen LogP contribution in [0.2, 0.25) is 0 Å². The van der Waals surface area contributed by atoms with E-state index >= 15 is 4.39 Å². The van der Waals surface area contributed by atoms with E-state index in [4.69, 9.17) is 9.72 Å². The number of carbonyl (C=O) groups is 1. The summed E-state index contributed by atoms with van der Waals surface area (Å²) < 4.78 is 48.7. The Balaban J connectivity index is 1.41. The number of nitrogens with one attached hydrogen (secondary N) is 1. The van der Waals surface area contributed by atoms with E-state index in [2.05, 4.69) is 16.4 Å². The summed E-state index contributed by atoms with van der Waals surface area (Å²) in [5, 5.41) is 22.7. The van der Waals surface area contributed by atoms with Gasteiger partial charge in [0, 0.05) is 49.2 Å². The fraction of sp³-hybridized carbons (Fsp3) is 0.333. The van der Waals surface area contributed by atoms with E-state index in [0.717, 1.165) is 5.82 Å². The van der Waals surface area contributed by atoms with Crippen LogP contribution in [0.3, 0.4) is 0 Å². The Bertz CT molecular complexity index is 1740. The number of imidazole rings is 1. The average molecular weight is 562 g/mol. The minimum atomic E-state index is -3.07. The number of fused-ring (bicyclic) bond motifs is 3. The SMILES string of the molecule is CNC(=O)c1cccc(OC(F)F)c1[C@H]1CCc2nc3ccc(-c4cnc(C5(O)CC(C)(C#N)C5)c(F)c4)cc3n21. The van der Waals surface area contributed by atoms with Crippen molar-refractivity contribution in [2.75, 3.05) is 7.05 Å².